The quantitative estimate of drug-likeness (QED) is 0.899. The summed E-state index contributed by atoms with van der Waals surface area (Å²) >= 11 is 0. The van der Waals surface area contributed by atoms with Crippen LogP contribution in [-0.4, -0.2) is 35.0 Å². The Morgan fingerprint density at radius 1 is 1.12 bits per heavy atom. The van der Waals surface area contributed by atoms with Crippen molar-refractivity contribution in [2.24, 2.45) is 0 Å². The Morgan fingerprint density at radius 3 is 2.54 bits per heavy atom. The van der Waals surface area contributed by atoms with Gasteiger partial charge in [0.1, 0.15) is 0 Å². The van der Waals surface area contributed by atoms with Crippen molar-refractivity contribution in [3.63, 3.8) is 0 Å². The van der Waals surface area contributed by atoms with E-state index in [-0.39, 0.29) is 11.9 Å². The van der Waals surface area contributed by atoms with Gasteiger partial charge in [0.2, 0.25) is 5.96 Å². The zero-order chi connectivity index (χ0) is 16.6. The zero-order valence-corrected chi connectivity index (χ0v) is 13.7. The van der Waals surface area contributed by atoms with Crippen molar-refractivity contribution in [1.29, 1.82) is 5.41 Å². The summed E-state index contributed by atoms with van der Waals surface area (Å²) in [5, 5.41) is 15.2. The first-order chi connectivity index (χ1) is 11.7. The summed E-state index contributed by atoms with van der Waals surface area (Å²) in [5.41, 5.74) is 0.988. The van der Waals surface area contributed by atoms with Gasteiger partial charge in [-0.25, -0.2) is 10.0 Å². The van der Waals surface area contributed by atoms with Crippen molar-refractivity contribution < 1.29 is 4.79 Å². The van der Waals surface area contributed by atoms with E-state index in [0.29, 0.717) is 0 Å². The van der Waals surface area contributed by atoms with Crippen LogP contribution in [0.5, 0.6) is 0 Å². The first-order valence-electron chi connectivity index (χ1n) is 8.61. The van der Waals surface area contributed by atoms with Crippen molar-refractivity contribution in [2.45, 2.75) is 31.2 Å². The third-order valence-electron chi connectivity index (χ3n) is 5.10. The van der Waals surface area contributed by atoms with Gasteiger partial charge in [-0.1, -0.05) is 48.6 Å². The number of nitrogens with zero attached hydrogens (tertiary/aromatic N) is 2. The van der Waals surface area contributed by atoms with Crippen LogP contribution in [0.1, 0.15) is 31.2 Å². The normalized spacial score (nSPS) is 27.5. The van der Waals surface area contributed by atoms with Crippen LogP contribution in [-0.2, 0) is 10.3 Å². The Bertz CT molecular complexity index is 718. The molecule has 3 aliphatic rings. The lowest BCUT2D eigenvalue weighted by molar-refractivity contribution is -0.140. The molecule has 0 saturated carbocycles. The predicted octanol–water partition coefficient (Wildman–Crippen LogP) is 2.54. The van der Waals surface area contributed by atoms with Crippen molar-refractivity contribution in [3.8, 4) is 0 Å². The number of carbonyl (C=O) groups is 1. The van der Waals surface area contributed by atoms with Crippen molar-refractivity contribution in [2.75, 3.05) is 13.1 Å². The summed E-state index contributed by atoms with van der Waals surface area (Å²) in [6.45, 7) is 1.67. The van der Waals surface area contributed by atoms with Gasteiger partial charge in [-0.05, 0) is 36.8 Å². The molecule has 1 amide bonds. The molecule has 1 aromatic rings. The zero-order valence-electron chi connectivity index (χ0n) is 13.7. The molecule has 2 heterocycles. The number of benzene rings is 1. The fraction of sp³-hybridized carbons (Fsp3) is 0.368. The van der Waals surface area contributed by atoms with E-state index in [1.54, 1.807) is 5.01 Å². The van der Waals surface area contributed by atoms with Crippen LogP contribution in [0.4, 0.5) is 0 Å². The highest BCUT2D eigenvalue weighted by molar-refractivity contribution is 6.09. The molecular weight excluding hydrogens is 300 g/mol. The minimum absolute atomic E-state index is 0.0536. The molecule has 1 aromatic carbocycles. The molecule has 2 N–H and O–H groups in total. The topological polar surface area (TPSA) is 59.4 Å². The number of amides is 1. The Hall–Kier alpha value is -2.40. The third-order valence-corrected chi connectivity index (χ3v) is 5.10. The van der Waals surface area contributed by atoms with Crippen LogP contribution in [0.3, 0.4) is 0 Å². The monoisotopic (exact) mass is 322 g/mol. The maximum atomic E-state index is 13.5. The minimum Gasteiger partial charge on any atom is -0.333 e. The van der Waals surface area contributed by atoms with Crippen LogP contribution < -0.4 is 5.32 Å². The number of nitrogens with one attached hydrogen (secondary N) is 2. The highest BCUT2D eigenvalue weighted by atomic mass is 16.2. The highest BCUT2D eigenvalue weighted by Gasteiger charge is 2.54. The molecule has 1 unspecified atom stereocenters. The first-order valence-corrected chi connectivity index (χ1v) is 8.61. The fourth-order valence-electron chi connectivity index (χ4n) is 3.92. The molecule has 1 aliphatic carbocycles. The molecule has 0 spiro atoms. The summed E-state index contributed by atoms with van der Waals surface area (Å²) in [6.07, 6.45) is 10.0. The van der Waals surface area contributed by atoms with E-state index in [1.807, 2.05) is 47.5 Å². The average molecular weight is 322 g/mol. The highest BCUT2D eigenvalue weighted by Crippen LogP contribution is 2.40. The second kappa shape index (κ2) is 5.91. The Morgan fingerprint density at radius 2 is 1.88 bits per heavy atom. The van der Waals surface area contributed by atoms with Gasteiger partial charge in [0.05, 0.1) is 0 Å². The Labute approximate surface area is 142 Å². The summed E-state index contributed by atoms with van der Waals surface area (Å²) in [6, 6.07) is 9.81. The number of rotatable bonds is 3. The molecule has 0 bridgehead atoms. The molecule has 5 nitrogen and oxygen atoms in total. The summed E-state index contributed by atoms with van der Waals surface area (Å²) in [5.74, 6) is 0.128. The number of hydrogen-bond donors (Lipinski definition) is 2. The van der Waals surface area contributed by atoms with Crippen molar-refractivity contribution >= 4 is 11.9 Å². The molecule has 2 fully saturated rings. The van der Waals surface area contributed by atoms with Gasteiger partial charge in [-0.3, -0.25) is 10.2 Å². The van der Waals surface area contributed by atoms with Gasteiger partial charge in [0.15, 0.2) is 5.54 Å². The van der Waals surface area contributed by atoms with Gasteiger partial charge in [-0.15, -0.1) is 0 Å². The van der Waals surface area contributed by atoms with Crippen LogP contribution in [0, 0.1) is 5.41 Å². The van der Waals surface area contributed by atoms with Gasteiger partial charge in [0.25, 0.3) is 5.91 Å². The van der Waals surface area contributed by atoms with Gasteiger partial charge in [-0.2, -0.15) is 0 Å². The van der Waals surface area contributed by atoms with E-state index in [1.165, 1.54) is 0 Å². The third kappa shape index (κ3) is 2.19. The fourth-order valence-corrected chi connectivity index (χ4v) is 3.92. The number of guanidine groups is 1. The average Bonchev–Trinajstić information content (AvgIpc) is 3.23. The largest absolute Gasteiger partial charge is 0.333 e. The van der Waals surface area contributed by atoms with Crippen molar-refractivity contribution in [1.82, 2.24) is 15.3 Å². The molecule has 1 atom stereocenters. The van der Waals surface area contributed by atoms with Crippen LogP contribution in [0.25, 0.3) is 0 Å². The summed E-state index contributed by atoms with van der Waals surface area (Å²) in [7, 11) is 0. The van der Waals surface area contributed by atoms with Crippen LogP contribution in [0.2, 0.25) is 0 Å². The molecule has 2 aliphatic heterocycles. The van der Waals surface area contributed by atoms with Crippen LogP contribution in [0.15, 0.2) is 54.1 Å². The molecular formula is C19H22N4O. The second-order valence-corrected chi connectivity index (χ2v) is 6.53. The first kappa shape index (κ1) is 15.1. The Kier molecular flexibility index (Phi) is 3.73. The van der Waals surface area contributed by atoms with E-state index in [4.69, 9.17) is 5.41 Å². The molecule has 24 heavy (non-hydrogen) atoms. The van der Waals surface area contributed by atoms with E-state index < -0.39 is 5.54 Å². The summed E-state index contributed by atoms with van der Waals surface area (Å²) < 4.78 is 0. The number of hydrogen-bond acceptors (Lipinski definition) is 3. The smallest absolute Gasteiger partial charge is 0.278 e. The van der Waals surface area contributed by atoms with Gasteiger partial charge >= 0.3 is 0 Å². The van der Waals surface area contributed by atoms with Gasteiger partial charge < -0.3 is 5.32 Å². The molecule has 124 valence electrons. The van der Waals surface area contributed by atoms with E-state index in [9.17, 15) is 4.79 Å². The standard InChI is InChI=1S/C19H22N4O/c20-18-21-19(15-9-3-1-4-10-15,16-11-5-2-6-12-16)17(24)23(18)22-13-7-8-14-22/h1-5,9-11H,6-8,12-14H2,(H2,20,21). The number of carbonyl (C=O) groups excluding carboxylic acids is 1. The molecule has 2 saturated heterocycles. The Balaban J connectivity index is 1.82. The summed E-state index contributed by atoms with van der Waals surface area (Å²) in [4.78, 5) is 13.5. The van der Waals surface area contributed by atoms with E-state index >= 15 is 0 Å². The lowest BCUT2D eigenvalue weighted by Gasteiger charge is -2.32. The molecule has 0 aromatic heterocycles. The number of hydrazine groups is 1. The minimum atomic E-state index is -0.953. The molecule has 0 radical (unpaired) electrons. The van der Waals surface area contributed by atoms with Gasteiger partial charge in [0, 0.05) is 13.1 Å². The van der Waals surface area contributed by atoms with Crippen molar-refractivity contribution in [3.05, 3.63) is 59.7 Å². The lowest BCUT2D eigenvalue weighted by Crippen LogP contribution is -2.48. The van der Waals surface area contributed by atoms with Crippen LogP contribution >= 0.6 is 0 Å². The van der Waals surface area contributed by atoms with E-state index in [2.05, 4.69) is 11.4 Å². The second-order valence-electron chi connectivity index (χ2n) is 6.53. The predicted molar refractivity (Wildman–Crippen MR) is 93.1 cm³/mol. The van der Waals surface area contributed by atoms with E-state index in [0.717, 1.165) is 49.9 Å². The lowest BCUT2D eigenvalue weighted by atomic mass is 9.79. The molecule has 5 heteroatoms. The molecule has 4 rings (SSSR count). The maximum Gasteiger partial charge on any atom is 0.278 e. The SMILES string of the molecule is N=C1NC(C2=CC=CCC2)(c2ccccc2)C(=O)N1N1CCCC1. The number of allylic oxidation sites excluding steroid dienone is 3. The maximum absolute atomic E-state index is 13.5.